The van der Waals surface area contributed by atoms with Crippen molar-refractivity contribution in [3.05, 3.63) is 41.5 Å². The van der Waals surface area contributed by atoms with Gasteiger partial charge in [0.05, 0.1) is 0 Å². The second kappa shape index (κ2) is 4.46. The second-order valence-electron chi connectivity index (χ2n) is 2.35. The molecule has 2 N–H and O–H groups in total. The van der Waals surface area contributed by atoms with E-state index in [-0.39, 0.29) is 0 Å². The van der Waals surface area contributed by atoms with Crippen molar-refractivity contribution in [3.8, 4) is 0 Å². The van der Waals surface area contributed by atoms with Crippen LogP contribution in [0.4, 0.5) is 0 Å². The summed E-state index contributed by atoms with van der Waals surface area (Å²) in [7, 11) is 0. The summed E-state index contributed by atoms with van der Waals surface area (Å²) in [4.78, 5) is 9.93. The van der Waals surface area contributed by atoms with Crippen LogP contribution in [-0.2, 0) is 11.3 Å². The molecule has 12 heavy (non-hydrogen) atoms. The van der Waals surface area contributed by atoms with Gasteiger partial charge in [-0.3, -0.25) is 4.79 Å². The molecule has 0 amide bonds. The highest BCUT2D eigenvalue weighted by Gasteiger charge is 1.93. The van der Waals surface area contributed by atoms with E-state index >= 15 is 0 Å². The number of hydrogen-bond acceptors (Lipinski definition) is 2. The van der Waals surface area contributed by atoms with Gasteiger partial charge in [-0.05, 0) is 17.2 Å². The van der Waals surface area contributed by atoms with Crippen LogP contribution in [0.25, 0.3) is 6.08 Å². The first-order valence-electron chi connectivity index (χ1n) is 3.70. The number of benzene rings is 1. The quantitative estimate of drug-likeness (QED) is 0.676. The van der Waals surface area contributed by atoms with Gasteiger partial charge in [0, 0.05) is 6.54 Å². The van der Waals surface area contributed by atoms with E-state index in [9.17, 15) is 4.79 Å². The predicted octanol–water partition coefficient (Wildman–Crippen LogP) is 1.27. The van der Waals surface area contributed by atoms with E-state index in [1.54, 1.807) is 12.4 Å². The zero-order valence-corrected chi connectivity index (χ0v) is 6.66. The molecule has 0 unspecified atom stereocenters. The molecule has 1 rings (SSSR count). The number of nitrogens with two attached hydrogens (primary N) is 1. The first-order chi connectivity index (χ1) is 5.88. The van der Waals surface area contributed by atoms with Crippen LogP contribution < -0.4 is 5.73 Å². The van der Waals surface area contributed by atoms with Gasteiger partial charge in [-0.2, -0.15) is 0 Å². The Morgan fingerprint density at radius 1 is 1.42 bits per heavy atom. The first-order valence-corrected chi connectivity index (χ1v) is 3.70. The second-order valence-corrected chi connectivity index (χ2v) is 2.35. The summed E-state index contributed by atoms with van der Waals surface area (Å²) in [5.41, 5.74) is 7.50. The van der Waals surface area contributed by atoms with Crippen molar-refractivity contribution in [2.24, 2.45) is 5.73 Å². The third-order valence-corrected chi connectivity index (χ3v) is 1.61. The summed E-state index contributed by atoms with van der Waals surface area (Å²) >= 11 is 0. The third kappa shape index (κ3) is 2.04. The van der Waals surface area contributed by atoms with Crippen LogP contribution in [0, 0.1) is 0 Å². The van der Waals surface area contributed by atoms with Crippen LogP contribution in [0.3, 0.4) is 0 Å². The molecule has 0 saturated carbocycles. The van der Waals surface area contributed by atoms with Crippen LogP contribution in [0.2, 0.25) is 0 Å². The molecule has 0 spiro atoms. The van der Waals surface area contributed by atoms with E-state index in [0.717, 1.165) is 11.1 Å². The van der Waals surface area contributed by atoms with Gasteiger partial charge in [0.15, 0.2) is 0 Å². The van der Waals surface area contributed by atoms with E-state index in [1.165, 1.54) is 6.08 Å². The molecule has 0 aliphatic heterocycles. The van der Waals surface area contributed by atoms with Gasteiger partial charge < -0.3 is 5.73 Å². The van der Waals surface area contributed by atoms with Gasteiger partial charge in [-0.25, -0.2) is 0 Å². The highest BCUT2D eigenvalue weighted by Crippen LogP contribution is 2.08. The lowest BCUT2D eigenvalue weighted by molar-refractivity contribution is 0.564. The maximum Gasteiger partial charge on any atom is 0.225 e. The maximum atomic E-state index is 9.93. The van der Waals surface area contributed by atoms with Gasteiger partial charge in [0.25, 0.3) is 0 Å². The molecule has 0 aromatic heterocycles. The van der Waals surface area contributed by atoms with Crippen LogP contribution in [-0.4, -0.2) is 6.29 Å². The summed E-state index contributed by atoms with van der Waals surface area (Å²) in [5.74, 6) is 0. The molecule has 0 aliphatic rings. The average molecular weight is 160 g/mol. The molecule has 0 atom stereocenters. The third-order valence-electron chi connectivity index (χ3n) is 1.61. The van der Waals surface area contributed by atoms with Crippen molar-refractivity contribution >= 4 is 12.4 Å². The summed E-state index contributed by atoms with van der Waals surface area (Å²) in [5, 5.41) is 0. The fraction of sp³-hybridized carbons (Fsp3) is 0.100. The molecule has 0 fully saturated rings. The smallest absolute Gasteiger partial charge is 0.225 e. The molecule has 1 radical (unpaired) electrons. The molecule has 0 heterocycles. The molecule has 1 aromatic rings. The fourth-order valence-corrected chi connectivity index (χ4v) is 1.01. The van der Waals surface area contributed by atoms with Crippen molar-refractivity contribution in [2.75, 3.05) is 0 Å². The van der Waals surface area contributed by atoms with Crippen molar-refractivity contribution in [1.29, 1.82) is 0 Å². The van der Waals surface area contributed by atoms with E-state index in [4.69, 9.17) is 5.73 Å². The van der Waals surface area contributed by atoms with Crippen LogP contribution in [0.5, 0.6) is 0 Å². The number of rotatable bonds is 3. The van der Waals surface area contributed by atoms with Gasteiger partial charge >= 0.3 is 0 Å². The maximum absolute atomic E-state index is 9.93. The molecule has 2 nitrogen and oxygen atoms in total. The molecule has 61 valence electrons. The number of carbonyl (C=O) groups excluding carboxylic acids is 1. The van der Waals surface area contributed by atoms with Gasteiger partial charge in [0.1, 0.15) is 0 Å². The normalized spacial score (nSPS) is 10.4. The fourth-order valence-electron chi connectivity index (χ4n) is 1.01. The average Bonchev–Trinajstić information content (AvgIpc) is 2.15. The van der Waals surface area contributed by atoms with Gasteiger partial charge in [0.2, 0.25) is 6.29 Å². The van der Waals surface area contributed by atoms with Crippen molar-refractivity contribution in [3.63, 3.8) is 0 Å². The Bertz CT molecular complexity index is 292. The van der Waals surface area contributed by atoms with E-state index in [0.29, 0.717) is 6.54 Å². The lowest BCUT2D eigenvalue weighted by atomic mass is 10.1. The molecular weight excluding hydrogens is 150 g/mol. The molecule has 2 heteroatoms. The highest BCUT2D eigenvalue weighted by molar-refractivity contribution is 5.75. The highest BCUT2D eigenvalue weighted by atomic mass is 16.1. The number of allylic oxidation sites excluding steroid dienone is 1. The van der Waals surface area contributed by atoms with Crippen molar-refractivity contribution < 1.29 is 4.79 Å². The first kappa shape index (κ1) is 8.68. The largest absolute Gasteiger partial charge is 0.326 e. The zero-order valence-electron chi connectivity index (χ0n) is 6.66. The number of hydrogen-bond donors (Lipinski definition) is 1. The van der Waals surface area contributed by atoms with Gasteiger partial charge in [-0.1, -0.05) is 30.3 Å². The lowest BCUT2D eigenvalue weighted by Gasteiger charge is -2.00. The Morgan fingerprint density at radius 2 is 2.17 bits per heavy atom. The Kier molecular flexibility index (Phi) is 3.23. The molecule has 0 bridgehead atoms. The standard InChI is InChI=1S/C10H10NO/c11-8-10-5-2-1-4-9(10)6-3-7-12/h1-6H,8,11H2/b6-3+. The minimum atomic E-state index is 0.485. The lowest BCUT2D eigenvalue weighted by Crippen LogP contribution is -1.98. The topological polar surface area (TPSA) is 43.1 Å². The summed E-state index contributed by atoms with van der Waals surface area (Å²) < 4.78 is 0. The SMILES string of the molecule is NCc1ccccc1/C=C/[C]=O. The minimum absolute atomic E-state index is 0.485. The monoisotopic (exact) mass is 160 g/mol. The molecule has 1 aromatic carbocycles. The Balaban J connectivity index is 2.96. The van der Waals surface area contributed by atoms with Crippen LogP contribution in [0.15, 0.2) is 30.3 Å². The predicted molar refractivity (Wildman–Crippen MR) is 49.1 cm³/mol. The van der Waals surface area contributed by atoms with Crippen LogP contribution in [0.1, 0.15) is 11.1 Å². The minimum Gasteiger partial charge on any atom is -0.326 e. The van der Waals surface area contributed by atoms with Gasteiger partial charge in [-0.15, -0.1) is 0 Å². The van der Waals surface area contributed by atoms with E-state index < -0.39 is 0 Å². The van der Waals surface area contributed by atoms with Crippen molar-refractivity contribution in [1.82, 2.24) is 0 Å². The van der Waals surface area contributed by atoms with E-state index in [2.05, 4.69) is 0 Å². The summed E-state index contributed by atoms with van der Waals surface area (Å²) in [6, 6.07) is 7.67. The molecule has 0 saturated heterocycles. The molecule has 0 aliphatic carbocycles. The Labute approximate surface area is 71.7 Å². The summed E-state index contributed by atoms with van der Waals surface area (Å²) in [6.07, 6.45) is 4.74. The molecular formula is C10H10NO. The van der Waals surface area contributed by atoms with E-state index in [1.807, 2.05) is 24.3 Å². The zero-order chi connectivity index (χ0) is 8.81. The van der Waals surface area contributed by atoms with Crippen LogP contribution >= 0.6 is 0 Å². The Morgan fingerprint density at radius 3 is 2.83 bits per heavy atom. The summed E-state index contributed by atoms with van der Waals surface area (Å²) in [6.45, 7) is 0.485. The van der Waals surface area contributed by atoms with Crippen molar-refractivity contribution in [2.45, 2.75) is 6.54 Å². The Hall–Kier alpha value is -1.41.